The molecule has 1 amide bonds. The summed E-state index contributed by atoms with van der Waals surface area (Å²) in [5.41, 5.74) is 0. The molecule has 1 fully saturated rings. The van der Waals surface area contributed by atoms with Crippen LogP contribution >= 0.6 is 23.4 Å². The zero-order valence-corrected chi connectivity index (χ0v) is 16.1. The third-order valence-electron chi connectivity index (χ3n) is 3.84. The number of carbonyl (C=O) groups is 1. The molecule has 1 aromatic heterocycles. The Morgan fingerprint density at radius 3 is 2.96 bits per heavy atom. The number of amides is 1. The average molecular weight is 393 g/mol. The van der Waals surface area contributed by atoms with Crippen LogP contribution in [0.25, 0.3) is 0 Å². The first-order valence-corrected chi connectivity index (χ1v) is 9.82. The number of aromatic nitrogens is 3. The summed E-state index contributed by atoms with van der Waals surface area (Å²) < 4.78 is 7.85. The molecule has 1 aliphatic carbocycles. The molecule has 1 saturated carbocycles. The Kier molecular flexibility index (Phi) is 6.21. The highest BCUT2D eigenvalue weighted by molar-refractivity contribution is 7.99. The maximum atomic E-state index is 11.9. The normalized spacial score (nSPS) is 14.7. The minimum Gasteiger partial charge on any atom is -0.481 e. The van der Waals surface area contributed by atoms with Crippen molar-refractivity contribution in [1.82, 2.24) is 20.1 Å². The molecule has 0 radical (unpaired) electrons. The third kappa shape index (κ3) is 4.80. The fourth-order valence-electron chi connectivity index (χ4n) is 2.42. The Balaban J connectivity index is 1.69. The molecule has 0 bridgehead atoms. The number of nitrogens with zero attached hydrogens (tertiary/aromatic N) is 3. The van der Waals surface area contributed by atoms with Crippen molar-refractivity contribution in [1.29, 1.82) is 0 Å². The van der Waals surface area contributed by atoms with Crippen LogP contribution in [-0.2, 0) is 11.3 Å². The lowest BCUT2D eigenvalue weighted by molar-refractivity contribution is -0.118. The van der Waals surface area contributed by atoms with Gasteiger partial charge in [-0.2, -0.15) is 0 Å². The maximum absolute atomic E-state index is 11.9. The van der Waals surface area contributed by atoms with Crippen molar-refractivity contribution in [2.75, 3.05) is 5.75 Å². The molecule has 1 aliphatic rings. The standard InChI is InChI=1S/C18H21ClN4O2S/c1-3-10-23-17(12(2)25-15-7-5-4-6-14(15)19)21-22-18(23)26-11-16(24)20-13-8-9-13/h3-7,12-13H,1,8-11H2,2H3,(H,20,24). The molecule has 1 atom stereocenters. The Labute approximate surface area is 162 Å². The van der Waals surface area contributed by atoms with Gasteiger partial charge in [0.1, 0.15) is 5.75 Å². The van der Waals surface area contributed by atoms with Crippen LogP contribution in [0.5, 0.6) is 5.75 Å². The predicted molar refractivity (Wildman–Crippen MR) is 103 cm³/mol. The van der Waals surface area contributed by atoms with E-state index in [0.29, 0.717) is 40.1 Å². The van der Waals surface area contributed by atoms with E-state index in [2.05, 4.69) is 22.1 Å². The van der Waals surface area contributed by atoms with Gasteiger partial charge in [0.25, 0.3) is 0 Å². The van der Waals surface area contributed by atoms with Gasteiger partial charge in [-0.05, 0) is 31.9 Å². The summed E-state index contributed by atoms with van der Waals surface area (Å²) >= 11 is 7.52. The van der Waals surface area contributed by atoms with Gasteiger partial charge in [-0.3, -0.25) is 9.36 Å². The smallest absolute Gasteiger partial charge is 0.230 e. The molecule has 26 heavy (non-hydrogen) atoms. The van der Waals surface area contributed by atoms with E-state index in [0.717, 1.165) is 12.8 Å². The second kappa shape index (κ2) is 8.60. The van der Waals surface area contributed by atoms with Crippen LogP contribution in [0.2, 0.25) is 5.02 Å². The van der Waals surface area contributed by atoms with Crippen molar-refractivity contribution >= 4 is 29.3 Å². The number of allylic oxidation sites excluding steroid dienone is 1. The molecule has 0 spiro atoms. The molecule has 1 N–H and O–H groups in total. The van der Waals surface area contributed by atoms with Crippen LogP contribution in [-0.4, -0.2) is 32.5 Å². The molecule has 0 aliphatic heterocycles. The summed E-state index contributed by atoms with van der Waals surface area (Å²) in [4.78, 5) is 11.9. The van der Waals surface area contributed by atoms with Crippen LogP contribution < -0.4 is 10.1 Å². The minimum atomic E-state index is -0.350. The molecule has 3 rings (SSSR count). The van der Waals surface area contributed by atoms with Gasteiger partial charge in [-0.25, -0.2) is 0 Å². The van der Waals surface area contributed by atoms with Crippen molar-refractivity contribution in [3.63, 3.8) is 0 Å². The van der Waals surface area contributed by atoms with Gasteiger partial charge in [-0.15, -0.1) is 16.8 Å². The monoisotopic (exact) mass is 392 g/mol. The lowest BCUT2D eigenvalue weighted by Gasteiger charge is -2.16. The summed E-state index contributed by atoms with van der Waals surface area (Å²) in [7, 11) is 0. The predicted octanol–water partition coefficient (Wildman–Crippen LogP) is 3.63. The quantitative estimate of drug-likeness (QED) is 0.521. The number of carbonyl (C=O) groups excluding carboxylic acids is 1. The van der Waals surface area contributed by atoms with Crippen LogP contribution in [0.3, 0.4) is 0 Å². The zero-order chi connectivity index (χ0) is 18.5. The molecule has 1 aromatic carbocycles. The second-order valence-electron chi connectivity index (χ2n) is 6.06. The molecule has 6 nitrogen and oxygen atoms in total. The molecule has 2 aromatic rings. The van der Waals surface area contributed by atoms with Gasteiger partial charge in [0.05, 0.1) is 10.8 Å². The summed E-state index contributed by atoms with van der Waals surface area (Å²) in [5.74, 6) is 1.58. The Morgan fingerprint density at radius 1 is 1.50 bits per heavy atom. The highest BCUT2D eigenvalue weighted by Gasteiger charge is 2.24. The summed E-state index contributed by atoms with van der Waals surface area (Å²) in [5, 5.41) is 12.7. The first kappa shape index (κ1) is 18.8. The number of nitrogens with one attached hydrogen (secondary N) is 1. The van der Waals surface area contributed by atoms with E-state index >= 15 is 0 Å². The van der Waals surface area contributed by atoms with Gasteiger partial charge < -0.3 is 10.1 Å². The lowest BCUT2D eigenvalue weighted by Crippen LogP contribution is -2.27. The summed E-state index contributed by atoms with van der Waals surface area (Å²) in [6.45, 7) is 6.21. The SMILES string of the molecule is C=CCn1c(SCC(=O)NC2CC2)nnc1C(C)Oc1ccccc1Cl. The fraction of sp³-hybridized carbons (Fsp3) is 0.389. The van der Waals surface area contributed by atoms with E-state index in [-0.39, 0.29) is 12.0 Å². The topological polar surface area (TPSA) is 69.0 Å². The minimum absolute atomic E-state index is 0.0209. The number of halogens is 1. The Hall–Kier alpha value is -1.99. The number of hydrogen-bond acceptors (Lipinski definition) is 5. The van der Waals surface area contributed by atoms with Crippen molar-refractivity contribution in [2.24, 2.45) is 0 Å². The largest absolute Gasteiger partial charge is 0.481 e. The average Bonchev–Trinajstić information content (AvgIpc) is 3.34. The number of para-hydroxylation sites is 1. The van der Waals surface area contributed by atoms with E-state index in [9.17, 15) is 4.79 Å². The molecular formula is C18H21ClN4O2S. The van der Waals surface area contributed by atoms with Gasteiger partial charge in [0.15, 0.2) is 17.1 Å². The Morgan fingerprint density at radius 2 is 2.27 bits per heavy atom. The van der Waals surface area contributed by atoms with Crippen molar-refractivity contribution < 1.29 is 9.53 Å². The summed E-state index contributed by atoms with van der Waals surface area (Å²) in [6, 6.07) is 7.65. The van der Waals surface area contributed by atoms with Crippen molar-refractivity contribution in [2.45, 2.75) is 43.6 Å². The van der Waals surface area contributed by atoms with Gasteiger partial charge in [0.2, 0.25) is 5.91 Å². The summed E-state index contributed by atoms with van der Waals surface area (Å²) in [6.07, 6.45) is 3.56. The fourth-order valence-corrected chi connectivity index (χ4v) is 3.37. The number of hydrogen-bond donors (Lipinski definition) is 1. The zero-order valence-electron chi connectivity index (χ0n) is 14.5. The van der Waals surface area contributed by atoms with Crippen LogP contribution in [0.1, 0.15) is 31.7 Å². The molecule has 1 heterocycles. The van der Waals surface area contributed by atoms with Crippen molar-refractivity contribution in [3.05, 3.63) is 47.8 Å². The van der Waals surface area contributed by atoms with Crippen LogP contribution in [0.15, 0.2) is 42.1 Å². The van der Waals surface area contributed by atoms with Crippen LogP contribution in [0, 0.1) is 0 Å². The molecule has 1 unspecified atom stereocenters. The van der Waals surface area contributed by atoms with E-state index in [1.54, 1.807) is 12.1 Å². The van der Waals surface area contributed by atoms with E-state index < -0.39 is 0 Å². The number of rotatable bonds is 9. The Bertz CT molecular complexity index is 791. The first-order valence-electron chi connectivity index (χ1n) is 8.45. The number of thioether (sulfide) groups is 1. The first-order chi connectivity index (χ1) is 12.6. The van der Waals surface area contributed by atoms with E-state index in [4.69, 9.17) is 16.3 Å². The molecule has 138 valence electrons. The number of ether oxygens (including phenoxy) is 1. The molecule has 0 saturated heterocycles. The van der Waals surface area contributed by atoms with Crippen LogP contribution in [0.4, 0.5) is 0 Å². The lowest BCUT2D eigenvalue weighted by atomic mass is 10.3. The number of benzene rings is 1. The molecule has 8 heteroatoms. The molecular weight excluding hydrogens is 372 g/mol. The van der Waals surface area contributed by atoms with E-state index in [1.807, 2.05) is 29.7 Å². The second-order valence-corrected chi connectivity index (χ2v) is 7.41. The van der Waals surface area contributed by atoms with Gasteiger partial charge in [0, 0.05) is 12.6 Å². The van der Waals surface area contributed by atoms with Gasteiger partial charge >= 0.3 is 0 Å². The third-order valence-corrected chi connectivity index (χ3v) is 5.11. The maximum Gasteiger partial charge on any atom is 0.230 e. The highest BCUT2D eigenvalue weighted by atomic mass is 35.5. The highest BCUT2D eigenvalue weighted by Crippen LogP contribution is 2.29. The van der Waals surface area contributed by atoms with Gasteiger partial charge in [-0.1, -0.05) is 41.6 Å². The van der Waals surface area contributed by atoms with Crippen molar-refractivity contribution in [3.8, 4) is 5.75 Å². The van der Waals surface area contributed by atoms with E-state index in [1.165, 1.54) is 11.8 Å².